The van der Waals surface area contributed by atoms with Crippen LogP contribution < -0.4 is 18.7 Å². The van der Waals surface area contributed by atoms with Crippen LogP contribution in [0.4, 0.5) is 22.7 Å². The van der Waals surface area contributed by atoms with Crippen molar-refractivity contribution >= 4 is 30.6 Å². The van der Waals surface area contributed by atoms with Crippen LogP contribution in [-0.2, 0) is 0 Å². The molecule has 168 valence electrons. The summed E-state index contributed by atoms with van der Waals surface area (Å²) in [6.07, 6.45) is 0. The van der Waals surface area contributed by atoms with Gasteiger partial charge < -0.3 is 0 Å². The van der Waals surface area contributed by atoms with Crippen molar-refractivity contribution in [2.24, 2.45) is 0 Å². The quantitative estimate of drug-likeness (QED) is 0.260. The molecule has 4 nitrogen and oxygen atoms in total. The van der Waals surface area contributed by atoms with Crippen molar-refractivity contribution in [3.05, 3.63) is 121 Å². The Bertz CT molecular complexity index is 936. The summed E-state index contributed by atoms with van der Waals surface area (Å²) >= 11 is 0. The summed E-state index contributed by atoms with van der Waals surface area (Å²) in [5.41, 5.74) is 4.66. The normalized spacial score (nSPS) is 11.0. The molecule has 0 bridgehead atoms. The molecule has 0 saturated heterocycles. The van der Waals surface area contributed by atoms with Gasteiger partial charge in [0, 0.05) is 28.2 Å². The summed E-state index contributed by atoms with van der Waals surface area (Å²) in [5.74, 6) is 0. The summed E-state index contributed by atoms with van der Waals surface area (Å²) < 4.78 is 9.78. The Morgan fingerprint density at radius 1 is 0.333 bits per heavy atom. The summed E-state index contributed by atoms with van der Waals surface area (Å²) in [4.78, 5) is 0. The van der Waals surface area contributed by atoms with Crippen molar-refractivity contribution in [2.45, 2.75) is 0 Å². The van der Waals surface area contributed by atoms with E-state index in [0.29, 0.717) is 0 Å². The highest BCUT2D eigenvalue weighted by Gasteiger charge is 2.58. The fourth-order valence-electron chi connectivity index (χ4n) is 4.40. The first kappa shape index (κ1) is 22.7. The maximum absolute atomic E-state index is 2.44. The van der Waals surface area contributed by atoms with Crippen LogP contribution in [-0.4, -0.2) is 28.2 Å². The second kappa shape index (κ2) is 9.97. The standard InChI is InChI=1S/C28H32N4P/c1-29(25-17-9-5-10-18-25)33(30(2)26-19-11-6-12-20-26,31(3)27-21-13-7-14-22-27)32(4)28-23-15-8-16-24-28/h5-24H,1-4H3/q+1. The van der Waals surface area contributed by atoms with E-state index in [9.17, 15) is 0 Å². The van der Waals surface area contributed by atoms with Gasteiger partial charge in [-0.1, -0.05) is 72.8 Å². The first-order valence-corrected chi connectivity index (χ1v) is 12.7. The number of hydrogen-bond acceptors (Lipinski definition) is 4. The SMILES string of the molecule is CN(c1ccccc1)[P+](N(C)c1ccccc1)(N(C)c1ccccc1)N(C)c1ccccc1. The Balaban J connectivity index is 1.99. The summed E-state index contributed by atoms with van der Waals surface area (Å²) in [6, 6.07) is 42.6. The molecule has 0 spiro atoms. The minimum absolute atomic E-state index is 1.17. The predicted molar refractivity (Wildman–Crippen MR) is 146 cm³/mol. The molecule has 0 unspecified atom stereocenters. The van der Waals surface area contributed by atoms with E-state index in [0.717, 1.165) is 0 Å². The van der Waals surface area contributed by atoms with Gasteiger partial charge in [-0.25, -0.2) is 0 Å². The smallest absolute Gasteiger partial charge is 0.193 e. The largest absolute Gasteiger partial charge is 0.404 e. The molecule has 33 heavy (non-hydrogen) atoms. The molecule has 0 amide bonds. The lowest BCUT2D eigenvalue weighted by atomic mass is 10.3. The molecule has 0 radical (unpaired) electrons. The van der Waals surface area contributed by atoms with Crippen LogP contribution in [0.1, 0.15) is 0 Å². The zero-order valence-electron chi connectivity index (χ0n) is 19.8. The van der Waals surface area contributed by atoms with E-state index in [2.05, 4.69) is 168 Å². The highest BCUT2D eigenvalue weighted by atomic mass is 31.2. The second-order valence-corrected chi connectivity index (χ2v) is 11.4. The maximum Gasteiger partial charge on any atom is 0.404 e. The molecule has 4 aromatic carbocycles. The maximum atomic E-state index is 2.44. The van der Waals surface area contributed by atoms with E-state index in [4.69, 9.17) is 0 Å². The minimum atomic E-state index is -2.41. The summed E-state index contributed by atoms with van der Waals surface area (Å²) in [5, 5.41) is 0. The van der Waals surface area contributed by atoms with Gasteiger partial charge in [0.05, 0.1) is 22.7 Å². The number of hydrogen-bond donors (Lipinski definition) is 0. The minimum Gasteiger partial charge on any atom is -0.193 e. The monoisotopic (exact) mass is 455 g/mol. The molecule has 0 aliphatic rings. The zero-order valence-corrected chi connectivity index (χ0v) is 20.7. The van der Waals surface area contributed by atoms with Crippen molar-refractivity contribution in [3.8, 4) is 0 Å². The van der Waals surface area contributed by atoms with E-state index >= 15 is 0 Å². The van der Waals surface area contributed by atoms with Gasteiger partial charge in [-0.05, 0) is 48.5 Å². The molecular weight excluding hydrogens is 423 g/mol. The highest BCUT2D eigenvalue weighted by molar-refractivity contribution is 7.81. The van der Waals surface area contributed by atoms with Crippen molar-refractivity contribution in [1.29, 1.82) is 0 Å². The third-order valence-corrected chi connectivity index (χ3v) is 10.3. The molecule has 0 saturated carbocycles. The summed E-state index contributed by atoms with van der Waals surface area (Å²) in [7, 11) is 6.42. The van der Waals surface area contributed by atoms with Crippen LogP contribution in [0.5, 0.6) is 0 Å². The fourth-order valence-corrected chi connectivity index (χ4v) is 8.59. The van der Waals surface area contributed by atoms with Crippen LogP contribution in [0.25, 0.3) is 0 Å². The number of para-hydroxylation sites is 4. The van der Waals surface area contributed by atoms with Gasteiger partial charge in [-0.15, -0.1) is 0 Å². The number of anilines is 4. The van der Waals surface area contributed by atoms with Crippen LogP contribution in [0.3, 0.4) is 0 Å². The Morgan fingerprint density at radius 2 is 0.515 bits per heavy atom. The molecule has 0 atom stereocenters. The third-order valence-electron chi connectivity index (χ3n) is 6.13. The molecule has 0 aliphatic heterocycles. The molecule has 0 aromatic heterocycles. The van der Waals surface area contributed by atoms with Gasteiger partial charge in [-0.2, -0.15) is 18.7 Å². The third kappa shape index (κ3) is 4.27. The Hall–Kier alpha value is -3.49. The molecule has 0 fully saturated rings. The Labute approximate surface area is 198 Å². The average Bonchev–Trinajstić information content (AvgIpc) is 2.90. The molecule has 0 N–H and O–H groups in total. The van der Waals surface area contributed by atoms with Crippen LogP contribution in [0.2, 0.25) is 0 Å². The van der Waals surface area contributed by atoms with E-state index in [1.807, 2.05) is 0 Å². The summed E-state index contributed by atoms with van der Waals surface area (Å²) in [6.45, 7) is 0. The van der Waals surface area contributed by atoms with Crippen LogP contribution in [0.15, 0.2) is 121 Å². The molecule has 4 rings (SSSR count). The van der Waals surface area contributed by atoms with Gasteiger partial charge in [0.15, 0.2) is 0 Å². The molecular formula is C28H32N4P+. The average molecular weight is 456 g/mol. The van der Waals surface area contributed by atoms with Crippen LogP contribution in [0, 0.1) is 0 Å². The Morgan fingerprint density at radius 3 is 0.697 bits per heavy atom. The van der Waals surface area contributed by atoms with Gasteiger partial charge in [0.1, 0.15) is 0 Å². The van der Waals surface area contributed by atoms with Crippen molar-refractivity contribution in [3.63, 3.8) is 0 Å². The van der Waals surface area contributed by atoms with Gasteiger partial charge in [0.2, 0.25) is 0 Å². The number of nitrogens with zero attached hydrogens (tertiary/aromatic N) is 4. The highest BCUT2D eigenvalue weighted by Crippen LogP contribution is 2.71. The van der Waals surface area contributed by atoms with Crippen LogP contribution >= 0.6 is 7.87 Å². The topological polar surface area (TPSA) is 13.0 Å². The van der Waals surface area contributed by atoms with Crippen molar-refractivity contribution in [1.82, 2.24) is 0 Å². The lowest BCUT2D eigenvalue weighted by molar-refractivity contribution is 1.09. The molecule has 0 aliphatic carbocycles. The second-order valence-electron chi connectivity index (χ2n) is 7.97. The van der Waals surface area contributed by atoms with E-state index < -0.39 is 7.87 Å². The van der Waals surface area contributed by atoms with Gasteiger partial charge in [0.25, 0.3) is 0 Å². The van der Waals surface area contributed by atoms with E-state index in [-0.39, 0.29) is 0 Å². The lowest BCUT2D eigenvalue weighted by Crippen LogP contribution is -2.49. The fraction of sp³-hybridized carbons (Fsp3) is 0.143. The number of rotatable bonds is 8. The molecule has 5 heteroatoms. The van der Waals surface area contributed by atoms with Gasteiger partial charge in [-0.3, -0.25) is 0 Å². The first-order chi connectivity index (χ1) is 16.1. The lowest BCUT2D eigenvalue weighted by Gasteiger charge is -2.49. The first-order valence-electron chi connectivity index (χ1n) is 11.1. The Kier molecular flexibility index (Phi) is 6.86. The van der Waals surface area contributed by atoms with E-state index in [1.54, 1.807) is 0 Å². The predicted octanol–water partition coefficient (Wildman–Crippen LogP) is 7.21. The van der Waals surface area contributed by atoms with E-state index in [1.165, 1.54) is 22.7 Å². The van der Waals surface area contributed by atoms with Crippen molar-refractivity contribution in [2.75, 3.05) is 46.9 Å². The zero-order chi connectivity index (χ0) is 23.3. The van der Waals surface area contributed by atoms with Gasteiger partial charge >= 0.3 is 7.87 Å². The molecule has 4 aromatic rings. The molecule has 0 heterocycles. The number of benzene rings is 4. The van der Waals surface area contributed by atoms with Crippen molar-refractivity contribution < 1.29 is 0 Å².